The number of piperazine rings is 1. The minimum Gasteiger partial charge on any atom is -0.353 e. The highest BCUT2D eigenvalue weighted by Gasteiger charge is 2.25. The van der Waals surface area contributed by atoms with Crippen molar-refractivity contribution in [2.24, 2.45) is 0 Å². The second kappa shape index (κ2) is 7.94. The van der Waals surface area contributed by atoms with Gasteiger partial charge in [0.2, 0.25) is 11.8 Å². The molecule has 0 radical (unpaired) electrons. The van der Waals surface area contributed by atoms with Crippen LogP contribution in [0.3, 0.4) is 0 Å². The van der Waals surface area contributed by atoms with E-state index >= 15 is 0 Å². The Morgan fingerprint density at radius 3 is 2.48 bits per heavy atom. The molecule has 1 saturated heterocycles. The minimum atomic E-state index is -0.0418. The van der Waals surface area contributed by atoms with Gasteiger partial charge in [0.05, 0.1) is 6.54 Å². The van der Waals surface area contributed by atoms with Gasteiger partial charge in [-0.25, -0.2) is 4.98 Å². The van der Waals surface area contributed by atoms with Gasteiger partial charge in [-0.3, -0.25) is 9.59 Å². The number of hydrogen-bond donors (Lipinski definition) is 0. The van der Waals surface area contributed by atoms with E-state index in [0.29, 0.717) is 13.1 Å². The number of anilines is 1. The topological polar surface area (TPSA) is 56.8 Å². The van der Waals surface area contributed by atoms with Crippen LogP contribution in [-0.2, 0) is 9.59 Å². The fraction of sp³-hybridized carbons (Fsp3) is 0.588. The van der Waals surface area contributed by atoms with Gasteiger partial charge in [-0.05, 0) is 25.5 Å². The van der Waals surface area contributed by atoms with Gasteiger partial charge < -0.3 is 14.7 Å². The lowest BCUT2D eigenvalue weighted by atomic mass is 10.2. The van der Waals surface area contributed by atoms with Crippen LogP contribution in [0.4, 0.5) is 5.82 Å². The van der Waals surface area contributed by atoms with Crippen molar-refractivity contribution in [1.82, 2.24) is 14.8 Å². The third-order valence-corrected chi connectivity index (χ3v) is 4.44. The summed E-state index contributed by atoms with van der Waals surface area (Å²) in [5.41, 5.74) is 0. The quantitative estimate of drug-likeness (QED) is 0.823. The maximum absolute atomic E-state index is 12.5. The smallest absolute Gasteiger partial charge is 0.242 e. The van der Waals surface area contributed by atoms with E-state index in [0.717, 1.165) is 25.3 Å². The van der Waals surface area contributed by atoms with Crippen LogP contribution >= 0.6 is 0 Å². The van der Waals surface area contributed by atoms with Crippen molar-refractivity contribution in [1.29, 1.82) is 0 Å². The van der Waals surface area contributed by atoms with Crippen molar-refractivity contribution in [2.45, 2.75) is 33.2 Å². The Balaban J connectivity index is 1.89. The second-order valence-corrected chi connectivity index (χ2v) is 5.96. The summed E-state index contributed by atoms with van der Waals surface area (Å²) in [6, 6.07) is 5.94. The molecule has 6 heteroatoms. The number of carbonyl (C=O) groups excluding carboxylic acids is 2. The van der Waals surface area contributed by atoms with E-state index in [1.807, 2.05) is 36.9 Å². The van der Waals surface area contributed by atoms with Crippen LogP contribution in [0.25, 0.3) is 0 Å². The number of hydrogen-bond acceptors (Lipinski definition) is 4. The summed E-state index contributed by atoms with van der Waals surface area (Å²) in [5, 5.41) is 0. The highest BCUT2D eigenvalue weighted by molar-refractivity contribution is 5.84. The van der Waals surface area contributed by atoms with Gasteiger partial charge >= 0.3 is 0 Å². The van der Waals surface area contributed by atoms with Crippen molar-refractivity contribution < 1.29 is 9.59 Å². The average molecular weight is 318 g/mol. The maximum atomic E-state index is 12.5. The van der Waals surface area contributed by atoms with Crippen LogP contribution in [-0.4, -0.2) is 65.4 Å². The number of pyridine rings is 1. The number of rotatable bonds is 5. The first kappa shape index (κ1) is 17.2. The zero-order valence-electron chi connectivity index (χ0n) is 14.2. The van der Waals surface area contributed by atoms with Crippen LogP contribution in [0.5, 0.6) is 0 Å². The van der Waals surface area contributed by atoms with E-state index in [9.17, 15) is 9.59 Å². The molecule has 1 aromatic heterocycles. The van der Waals surface area contributed by atoms with Crippen LogP contribution in [0.2, 0.25) is 0 Å². The second-order valence-electron chi connectivity index (χ2n) is 5.96. The molecule has 2 heterocycles. The molecule has 0 spiro atoms. The average Bonchev–Trinajstić information content (AvgIpc) is 2.59. The first-order valence-corrected chi connectivity index (χ1v) is 8.24. The maximum Gasteiger partial charge on any atom is 0.242 e. The molecule has 0 aliphatic carbocycles. The highest BCUT2D eigenvalue weighted by atomic mass is 16.2. The first-order chi connectivity index (χ1) is 11.0. The predicted octanol–water partition coefficient (Wildman–Crippen LogP) is 1.38. The Morgan fingerprint density at radius 2 is 1.96 bits per heavy atom. The fourth-order valence-electron chi connectivity index (χ4n) is 2.77. The van der Waals surface area contributed by atoms with E-state index in [1.54, 1.807) is 11.1 Å². The van der Waals surface area contributed by atoms with Gasteiger partial charge in [0.1, 0.15) is 5.82 Å². The number of nitrogens with zero attached hydrogens (tertiary/aromatic N) is 4. The third-order valence-electron chi connectivity index (χ3n) is 4.44. The molecule has 1 aliphatic rings. The van der Waals surface area contributed by atoms with Crippen LogP contribution < -0.4 is 4.90 Å². The Kier molecular flexibility index (Phi) is 5.96. The van der Waals surface area contributed by atoms with E-state index in [4.69, 9.17) is 0 Å². The van der Waals surface area contributed by atoms with Gasteiger partial charge in [0.15, 0.2) is 0 Å². The van der Waals surface area contributed by atoms with Crippen molar-refractivity contribution in [3.8, 4) is 0 Å². The summed E-state index contributed by atoms with van der Waals surface area (Å²) in [6.07, 6.45) is 2.63. The molecular formula is C17H26N4O2. The summed E-state index contributed by atoms with van der Waals surface area (Å²) < 4.78 is 0. The molecule has 126 valence electrons. The van der Waals surface area contributed by atoms with E-state index in [2.05, 4.69) is 9.88 Å². The first-order valence-electron chi connectivity index (χ1n) is 8.24. The Bertz CT molecular complexity index is 527. The fourth-order valence-corrected chi connectivity index (χ4v) is 2.77. The number of carbonyl (C=O) groups is 2. The summed E-state index contributed by atoms with van der Waals surface area (Å²) in [4.78, 5) is 34.2. The molecule has 23 heavy (non-hydrogen) atoms. The molecule has 2 rings (SSSR count). The van der Waals surface area contributed by atoms with Gasteiger partial charge in [0.25, 0.3) is 0 Å². The van der Waals surface area contributed by atoms with Gasteiger partial charge in [0, 0.05) is 45.3 Å². The minimum absolute atomic E-state index is 0.0289. The highest BCUT2D eigenvalue weighted by Crippen LogP contribution is 2.13. The summed E-state index contributed by atoms with van der Waals surface area (Å²) in [5.74, 6) is 0.936. The molecular weight excluding hydrogens is 292 g/mol. The van der Waals surface area contributed by atoms with Crippen LogP contribution in [0.15, 0.2) is 24.4 Å². The zero-order valence-corrected chi connectivity index (χ0v) is 14.2. The molecule has 1 aromatic rings. The molecule has 6 nitrogen and oxygen atoms in total. The van der Waals surface area contributed by atoms with Crippen molar-refractivity contribution in [2.75, 3.05) is 37.6 Å². The Labute approximate surface area is 138 Å². The molecule has 0 bridgehead atoms. The lowest BCUT2D eigenvalue weighted by molar-refractivity contribution is -0.141. The SMILES string of the molecule is CCC(C)N(CC(=O)N1CCN(c2ccccn2)CC1)C(C)=O. The van der Waals surface area contributed by atoms with E-state index in [1.165, 1.54) is 6.92 Å². The number of amides is 2. The molecule has 1 unspecified atom stereocenters. The lowest BCUT2D eigenvalue weighted by Crippen LogP contribution is -2.52. The predicted molar refractivity (Wildman–Crippen MR) is 90.2 cm³/mol. The number of aromatic nitrogens is 1. The van der Waals surface area contributed by atoms with E-state index < -0.39 is 0 Å². The lowest BCUT2D eigenvalue weighted by Gasteiger charge is -2.37. The normalized spacial score (nSPS) is 16.1. The molecule has 1 aliphatic heterocycles. The third kappa shape index (κ3) is 4.43. The van der Waals surface area contributed by atoms with Gasteiger partial charge in [-0.1, -0.05) is 13.0 Å². The summed E-state index contributed by atoms with van der Waals surface area (Å²) in [6.45, 7) is 8.58. The van der Waals surface area contributed by atoms with Crippen molar-refractivity contribution in [3.05, 3.63) is 24.4 Å². The monoisotopic (exact) mass is 318 g/mol. The van der Waals surface area contributed by atoms with Gasteiger partial charge in [-0.15, -0.1) is 0 Å². The Morgan fingerprint density at radius 1 is 1.26 bits per heavy atom. The van der Waals surface area contributed by atoms with Gasteiger partial charge in [-0.2, -0.15) is 0 Å². The van der Waals surface area contributed by atoms with Crippen LogP contribution in [0, 0.1) is 0 Å². The molecule has 2 amide bonds. The molecule has 1 fully saturated rings. The Hall–Kier alpha value is -2.11. The standard InChI is InChI=1S/C17H26N4O2/c1-4-14(2)21(15(3)22)13-17(23)20-11-9-19(10-12-20)16-7-5-6-8-18-16/h5-8,14H,4,9-13H2,1-3H3. The van der Waals surface area contributed by atoms with Crippen LogP contribution in [0.1, 0.15) is 27.2 Å². The zero-order chi connectivity index (χ0) is 16.8. The van der Waals surface area contributed by atoms with Crippen molar-refractivity contribution >= 4 is 17.6 Å². The molecule has 0 saturated carbocycles. The molecule has 1 atom stereocenters. The summed E-state index contributed by atoms with van der Waals surface area (Å²) in [7, 11) is 0. The molecule has 0 aromatic carbocycles. The largest absolute Gasteiger partial charge is 0.353 e. The van der Waals surface area contributed by atoms with Crippen molar-refractivity contribution in [3.63, 3.8) is 0 Å². The summed E-state index contributed by atoms with van der Waals surface area (Å²) >= 11 is 0. The molecule has 0 N–H and O–H groups in total. The van der Waals surface area contributed by atoms with E-state index in [-0.39, 0.29) is 24.4 Å².